The lowest BCUT2D eigenvalue weighted by atomic mass is 10.0. The molecule has 0 aliphatic heterocycles. The van der Waals surface area contributed by atoms with Gasteiger partial charge in [-0.2, -0.15) is 0 Å². The Kier molecular flexibility index (Phi) is 5.46. The van der Waals surface area contributed by atoms with Gasteiger partial charge in [-0.05, 0) is 33.4 Å². The summed E-state index contributed by atoms with van der Waals surface area (Å²) in [7, 11) is 0. The zero-order chi connectivity index (χ0) is 11.1. The molecule has 0 radical (unpaired) electrons. The molecule has 14 heavy (non-hydrogen) atoms. The summed E-state index contributed by atoms with van der Waals surface area (Å²) < 4.78 is 0. The number of aliphatic imine (C=N–C) groups is 1. The van der Waals surface area contributed by atoms with Gasteiger partial charge in [-0.25, -0.2) is 4.99 Å². The van der Waals surface area contributed by atoms with Crippen LogP contribution in [-0.2, 0) is 4.79 Å². The van der Waals surface area contributed by atoms with E-state index in [1.54, 1.807) is 0 Å². The fourth-order valence-corrected chi connectivity index (χ4v) is 1.16. The summed E-state index contributed by atoms with van der Waals surface area (Å²) in [5, 5.41) is 0. The second kappa shape index (κ2) is 6.08. The summed E-state index contributed by atoms with van der Waals surface area (Å²) in [5.74, 6) is -0.303. The van der Waals surface area contributed by atoms with E-state index in [9.17, 15) is 4.79 Å². The summed E-state index contributed by atoms with van der Waals surface area (Å²) in [6, 6.07) is 0. The van der Waals surface area contributed by atoms with Crippen molar-refractivity contribution in [1.82, 2.24) is 0 Å². The molecule has 0 bridgehead atoms. The third-order valence-corrected chi connectivity index (χ3v) is 1.54. The van der Waals surface area contributed by atoms with E-state index in [0.29, 0.717) is 12.8 Å². The molecule has 0 saturated carbocycles. The lowest BCUT2D eigenvalue weighted by Gasteiger charge is -2.05. The highest BCUT2D eigenvalue weighted by atomic mass is 16.1. The largest absolute Gasteiger partial charge is 0.269 e. The molecule has 0 aromatic heterocycles. The van der Waals surface area contributed by atoms with Gasteiger partial charge in [-0.1, -0.05) is 29.9 Å². The quantitative estimate of drug-likeness (QED) is 0.373. The van der Waals surface area contributed by atoms with E-state index in [-0.39, 0.29) is 5.91 Å². The Hall–Kier alpha value is -1.44. The minimum Gasteiger partial charge on any atom is -0.268 e. The molecule has 76 valence electrons. The Morgan fingerprint density at radius 2 is 1.64 bits per heavy atom. The van der Waals surface area contributed by atoms with Crippen molar-refractivity contribution in [2.45, 2.75) is 26.7 Å². The lowest BCUT2D eigenvalue weighted by molar-refractivity contribution is -0.113. The highest BCUT2D eigenvalue weighted by Gasteiger charge is 2.01. The molecule has 0 aliphatic rings. The van der Waals surface area contributed by atoms with Crippen LogP contribution in [0.1, 0.15) is 26.7 Å². The fourth-order valence-electron chi connectivity index (χ4n) is 1.16. The molecule has 2 nitrogen and oxygen atoms in total. The van der Waals surface area contributed by atoms with Crippen LogP contribution in [0.25, 0.3) is 0 Å². The first-order valence-corrected chi connectivity index (χ1v) is 4.44. The van der Waals surface area contributed by atoms with Gasteiger partial charge in [0.1, 0.15) is 0 Å². The molecule has 0 heterocycles. The van der Waals surface area contributed by atoms with E-state index in [1.807, 2.05) is 13.8 Å². The molecule has 0 saturated heterocycles. The molecular formula is C12H17NO. The number of rotatable bonds is 5. The van der Waals surface area contributed by atoms with E-state index in [4.69, 9.17) is 0 Å². The molecule has 0 fully saturated rings. The van der Waals surface area contributed by atoms with Crippen LogP contribution in [-0.4, -0.2) is 12.6 Å². The van der Waals surface area contributed by atoms with Gasteiger partial charge in [0.05, 0.1) is 0 Å². The second-order valence-corrected chi connectivity index (χ2v) is 3.57. The van der Waals surface area contributed by atoms with E-state index in [2.05, 4.69) is 24.9 Å². The van der Waals surface area contributed by atoms with Crippen molar-refractivity contribution in [2.75, 3.05) is 0 Å². The van der Waals surface area contributed by atoms with Gasteiger partial charge in [0.2, 0.25) is 0 Å². The molecule has 0 rings (SSSR count). The zero-order valence-corrected chi connectivity index (χ0v) is 8.97. The average molecular weight is 191 g/mol. The first-order valence-electron chi connectivity index (χ1n) is 4.44. The number of hydrogen-bond acceptors (Lipinski definition) is 1. The third kappa shape index (κ3) is 6.12. The molecule has 0 N–H and O–H groups in total. The van der Waals surface area contributed by atoms with Crippen molar-refractivity contribution in [3.05, 3.63) is 36.0 Å². The van der Waals surface area contributed by atoms with E-state index in [1.165, 1.54) is 6.08 Å². The second-order valence-electron chi connectivity index (χ2n) is 3.57. The summed E-state index contributed by atoms with van der Waals surface area (Å²) in [6.07, 6.45) is 2.94. The summed E-state index contributed by atoms with van der Waals surface area (Å²) >= 11 is 0. The molecule has 0 atom stereocenters. The Labute approximate surface area is 85.7 Å². The number of allylic oxidation sites excluding steroid dienone is 3. The summed E-state index contributed by atoms with van der Waals surface area (Å²) in [4.78, 5) is 14.3. The molecule has 2 heteroatoms. The third-order valence-electron chi connectivity index (χ3n) is 1.54. The minimum absolute atomic E-state index is 0.303. The maximum Gasteiger partial charge on any atom is 0.269 e. The molecule has 0 aromatic rings. The lowest BCUT2D eigenvalue weighted by Crippen LogP contribution is -1.93. The van der Waals surface area contributed by atoms with Gasteiger partial charge < -0.3 is 0 Å². The van der Waals surface area contributed by atoms with Gasteiger partial charge in [0.25, 0.3) is 5.91 Å². The molecule has 0 unspecified atom stereocenters. The smallest absolute Gasteiger partial charge is 0.268 e. The maximum absolute atomic E-state index is 11.0. The highest BCUT2D eigenvalue weighted by molar-refractivity contribution is 5.91. The van der Waals surface area contributed by atoms with E-state index >= 15 is 0 Å². The monoisotopic (exact) mass is 191 g/mol. The number of amides is 1. The van der Waals surface area contributed by atoms with Crippen molar-refractivity contribution < 1.29 is 4.79 Å². The standard InChI is InChI=1S/C12H17NO/c1-9(2)6-11(7-10(3)4)8-12(14)13-5/h8H,1,3,5-7H2,2,4H3. The maximum atomic E-state index is 11.0. The molecule has 0 aliphatic carbocycles. The summed E-state index contributed by atoms with van der Waals surface area (Å²) in [6.45, 7) is 14.7. The van der Waals surface area contributed by atoms with Crippen LogP contribution in [0.2, 0.25) is 0 Å². The Balaban J connectivity index is 4.61. The van der Waals surface area contributed by atoms with Crippen LogP contribution in [0.4, 0.5) is 0 Å². The van der Waals surface area contributed by atoms with Crippen LogP contribution in [0.5, 0.6) is 0 Å². The van der Waals surface area contributed by atoms with Crippen LogP contribution in [0.15, 0.2) is 40.9 Å². The fraction of sp³-hybridized carbons (Fsp3) is 0.333. The van der Waals surface area contributed by atoms with Gasteiger partial charge >= 0.3 is 0 Å². The van der Waals surface area contributed by atoms with E-state index < -0.39 is 0 Å². The predicted molar refractivity (Wildman–Crippen MR) is 61.5 cm³/mol. The van der Waals surface area contributed by atoms with Gasteiger partial charge in [0, 0.05) is 6.08 Å². The zero-order valence-electron chi connectivity index (χ0n) is 8.97. The van der Waals surface area contributed by atoms with Crippen molar-refractivity contribution in [1.29, 1.82) is 0 Å². The molecule has 0 spiro atoms. The summed E-state index contributed by atoms with van der Waals surface area (Å²) in [5.41, 5.74) is 3.03. The molecule has 1 amide bonds. The number of hydrogen-bond donors (Lipinski definition) is 0. The van der Waals surface area contributed by atoms with Crippen molar-refractivity contribution >= 4 is 12.6 Å². The van der Waals surface area contributed by atoms with E-state index in [0.717, 1.165) is 16.7 Å². The van der Waals surface area contributed by atoms with Crippen molar-refractivity contribution in [3.63, 3.8) is 0 Å². The first kappa shape index (κ1) is 12.6. The average Bonchev–Trinajstić information content (AvgIpc) is 2.01. The normalized spacial score (nSPS) is 9.00. The van der Waals surface area contributed by atoms with Crippen LogP contribution in [0, 0.1) is 0 Å². The van der Waals surface area contributed by atoms with Gasteiger partial charge in [-0.15, -0.1) is 0 Å². The highest BCUT2D eigenvalue weighted by Crippen LogP contribution is 2.16. The minimum atomic E-state index is -0.303. The number of carbonyl (C=O) groups is 1. The molecule has 0 aromatic carbocycles. The topological polar surface area (TPSA) is 29.4 Å². The van der Waals surface area contributed by atoms with Crippen LogP contribution in [0.3, 0.4) is 0 Å². The number of nitrogens with zero attached hydrogens (tertiary/aromatic N) is 1. The Morgan fingerprint density at radius 1 is 1.21 bits per heavy atom. The molecular weight excluding hydrogens is 174 g/mol. The first-order chi connectivity index (χ1) is 6.45. The Morgan fingerprint density at radius 3 is 1.93 bits per heavy atom. The van der Waals surface area contributed by atoms with Crippen molar-refractivity contribution in [2.24, 2.45) is 4.99 Å². The van der Waals surface area contributed by atoms with Gasteiger partial charge in [0.15, 0.2) is 0 Å². The predicted octanol–water partition coefficient (Wildman–Crippen LogP) is 3.07. The van der Waals surface area contributed by atoms with Crippen LogP contribution < -0.4 is 0 Å². The van der Waals surface area contributed by atoms with Crippen LogP contribution >= 0.6 is 0 Å². The Bertz CT molecular complexity index is 279. The van der Waals surface area contributed by atoms with Gasteiger partial charge in [-0.3, -0.25) is 4.79 Å². The SMILES string of the molecule is C=NC(=O)C=C(CC(=C)C)CC(=C)C. The van der Waals surface area contributed by atoms with Crippen molar-refractivity contribution in [3.8, 4) is 0 Å². The number of carbonyl (C=O) groups excluding carboxylic acids is 1.